The van der Waals surface area contributed by atoms with E-state index in [4.69, 9.17) is 21.1 Å². The van der Waals surface area contributed by atoms with E-state index in [0.29, 0.717) is 17.2 Å². The fourth-order valence-corrected chi connectivity index (χ4v) is 4.64. The van der Waals surface area contributed by atoms with E-state index < -0.39 is 17.6 Å². The zero-order valence-electron chi connectivity index (χ0n) is 14.3. The molecule has 0 aromatic heterocycles. The molecule has 4 atom stereocenters. The number of hydrogen-bond acceptors (Lipinski definition) is 5. The van der Waals surface area contributed by atoms with Gasteiger partial charge in [0.05, 0.1) is 6.61 Å². The highest BCUT2D eigenvalue weighted by atomic mass is 35.5. The molecule has 2 fully saturated rings. The normalized spacial score (nSPS) is 33.6. The van der Waals surface area contributed by atoms with E-state index >= 15 is 0 Å². The van der Waals surface area contributed by atoms with E-state index in [1.54, 1.807) is 13.0 Å². The number of amides is 1. The van der Waals surface area contributed by atoms with E-state index in [1.807, 2.05) is 19.2 Å². The molecule has 6 nitrogen and oxygen atoms in total. The average Bonchev–Trinajstić information content (AvgIpc) is 2.55. The van der Waals surface area contributed by atoms with E-state index in [-0.39, 0.29) is 24.3 Å². The van der Waals surface area contributed by atoms with Gasteiger partial charge in [-0.2, -0.15) is 0 Å². The van der Waals surface area contributed by atoms with Crippen LogP contribution in [0, 0.1) is 11.8 Å². The van der Waals surface area contributed by atoms with Crippen molar-refractivity contribution in [1.82, 2.24) is 10.2 Å². The molecule has 1 amide bonds. The molecule has 1 aromatic carbocycles. The first kappa shape index (κ1) is 16.7. The molecule has 2 saturated heterocycles. The molecule has 4 unspecified atom stereocenters. The fraction of sp³-hybridized carbons (Fsp3) is 0.556. The first-order chi connectivity index (χ1) is 11.9. The number of esters is 1. The summed E-state index contributed by atoms with van der Waals surface area (Å²) < 4.78 is 11.5. The van der Waals surface area contributed by atoms with Crippen LogP contribution in [0.15, 0.2) is 18.2 Å². The molecular formula is C18H21ClN2O4. The third kappa shape index (κ3) is 2.50. The van der Waals surface area contributed by atoms with Gasteiger partial charge in [-0.05, 0) is 32.2 Å². The molecule has 2 bridgehead atoms. The minimum Gasteiger partial charge on any atom is -0.467 e. The average molecular weight is 365 g/mol. The lowest BCUT2D eigenvalue weighted by Gasteiger charge is -2.57. The predicted octanol–water partition coefficient (Wildman–Crippen LogP) is 1.77. The van der Waals surface area contributed by atoms with E-state index in [9.17, 15) is 9.59 Å². The number of carbonyl (C=O) groups is 2. The molecule has 0 radical (unpaired) electrons. The molecule has 25 heavy (non-hydrogen) atoms. The fourth-order valence-electron chi connectivity index (χ4n) is 4.46. The summed E-state index contributed by atoms with van der Waals surface area (Å²) in [6.07, 6.45) is 0.675. The number of likely N-dealkylation sites (tertiary alicyclic amines) is 1. The Morgan fingerprint density at radius 2 is 2.32 bits per heavy atom. The van der Waals surface area contributed by atoms with Crippen molar-refractivity contribution in [2.75, 3.05) is 26.7 Å². The maximum absolute atomic E-state index is 12.8. The third-order valence-corrected chi connectivity index (χ3v) is 5.78. The Morgan fingerprint density at radius 3 is 3.08 bits per heavy atom. The van der Waals surface area contributed by atoms with E-state index in [0.717, 1.165) is 18.7 Å². The van der Waals surface area contributed by atoms with Gasteiger partial charge in [0.25, 0.3) is 0 Å². The van der Waals surface area contributed by atoms with Gasteiger partial charge in [-0.3, -0.25) is 9.59 Å². The number of nitrogens with one attached hydrogen (secondary N) is 1. The van der Waals surface area contributed by atoms with Crippen molar-refractivity contribution in [2.45, 2.75) is 25.0 Å². The molecule has 0 spiro atoms. The molecule has 3 heterocycles. The van der Waals surface area contributed by atoms with Gasteiger partial charge < -0.3 is 19.7 Å². The zero-order chi connectivity index (χ0) is 17.8. The van der Waals surface area contributed by atoms with Crippen molar-refractivity contribution < 1.29 is 19.1 Å². The molecule has 3 aliphatic rings. The van der Waals surface area contributed by atoms with E-state index in [2.05, 4.69) is 10.2 Å². The molecule has 3 aliphatic heterocycles. The van der Waals surface area contributed by atoms with Crippen LogP contribution >= 0.6 is 11.6 Å². The lowest BCUT2D eigenvalue weighted by molar-refractivity contribution is -0.174. The van der Waals surface area contributed by atoms with Gasteiger partial charge in [-0.15, -0.1) is 0 Å². The second-order valence-corrected chi connectivity index (χ2v) is 7.47. The summed E-state index contributed by atoms with van der Waals surface area (Å²) in [5.41, 5.74) is 0.0503. The number of rotatable bonds is 2. The highest BCUT2D eigenvalue weighted by molar-refractivity contribution is 6.30. The molecule has 0 aliphatic carbocycles. The summed E-state index contributed by atoms with van der Waals surface area (Å²) in [6.45, 7) is 3.53. The number of piperidine rings is 2. The SMILES string of the molecule is CCOC(=O)C1C(=O)NC23CCN(C)CC2C1c1cc(Cl)ccc1O3. The Hall–Kier alpha value is -1.79. The summed E-state index contributed by atoms with van der Waals surface area (Å²) in [7, 11) is 2.04. The number of fused-ring (bicyclic) bond motifs is 2. The summed E-state index contributed by atoms with van der Waals surface area (Å²) in [5, 5.41) is 3.57. The van der Waals surface area contributed by atoms with Crippen molar-refractivity contribution in [3.05, 3.63) is 28.8 Å². The van der Waals surface area contributed by atoms with Crippen LogP contribution in [0.1, 0.15) is 24.8 Å². The highest BCUT2D eigenvalue weighted by Gasteiger charge is 2.62. The quantitative estimate of drug-likeness (QED) is 0.640. The van der Waals surface area contributed by atoms with Crippen molar-refractivity contribution in [3.63, 3.8) is 0 Å². The van der Waals surface area contributed by atoms with Crippen molar-refractivity contribution in [1.29, 1.82) is 0 Å². The zero-order valence-corrected chi connectivity index (χ0v) is 15.0. The van der Waals surface area contributed by atoms with Crippen LogP contribution in [0.25, 0.3) is 0 Å². The van der Waals surface area contributed by atoms with Crippen LogP contribution in [0.5, 0.6) is 5.75 Å². The van der Waals surface area contributed by atoms with Crippen LogP contribution in [0.2, 0.25) is 5.02 Å². The molecule has 134 valence electrons. The smallest absolute Gasteiger partial charge is 0.319 e. The molecule has 7 heteroatoms. The third-order valence-electron chi connectivity index (χ3n) is 5.55. The summed E-state index contributed by atoms with van der Waals surface area (Å²) in [4.78, 5) is 27.6. The number of halogens is 1. The first-order valence-corrected chi connectivity index (χ1v) is 8.98. The Bertz CT molecular complexity index is 740. The summed E-state index contributed by atoms with van der Waals surface area (Å²) in [6, 6.07) is 5.40. The number of ether oxygens (including phenoxy) is 2. The Kier molecular flexibility index (Phi) is 3.92. The van der Waals surface area contributed by atoms with Gasteiger partial charge in [0.15, 0.2) is 5.72 Å². The maximum Gasteiger partial charge on any atom is 0.319 e. The monoisotopic (exact) mass is 364 g/mol. The minimum absolute atomic E-state index is 0.0377. The van der Waals surface area contributed by atoms with Crippen LogP contribution in [-0.2, 0) is 14.3 Å². The molecular weight excluding hydrogens is 344 g/mol. The van der Waals surface area contributed by atoms with Crippen molar-refractivity contribution in [3.8, 4) is 5.75 Å². The summed E-state index contributed by atoms with van der Waals surface area (Å²) >= 11 is 6.20. The van der Waals surface area contributed by atoms with Crippen molar-refractivity contribution in [2.24, 2.45) is 11.8 Å². The second-order valence-electron chi connectivity index (χ2n) is 7.04. The number of carbonyl (C=O) groups excluding carboxylic acids is 2. The molecule has 1 aromatic rings. The first-order valence-electron chi connectivity index (χ1n) is 8.61. The Morgan fingerprint density at radius 1 is 1.52 bits per heavy atom. The number of hydrogen-bond donors (Lipinski definition) is 1. The highest BCUT2D eigenvalue weighted by Crippen LogP contribution is 2.53. The minimum atomic E-state index is -0.884. The van der Waals surface area contributed by atoms with E-state index in [1.165, 1.54) is 0 Å². The lowest BCUT2D eigenvalue weighted by atomic mass is 9.64. The summed E-state index contributed by atoms with van der Waals surface area (Å²) in [5.74, 6) is -1.35. The maximum atomic E-state index is 12.8. The largest absolute Gasteiger partial charge is 0.467 e. The predicted molar refractivity (Wildman–Crippen MR) is 91.4 cm³/mol. The van der Waals surface area contributed by atoms with Gasteiger partial charge in [-0.25, -0.2) is 0 Å². The number of nitrogens with zero attached hydrogens (tertiary/aromatic N) is 1. The van der Waals surface area contributed by atoms with Crippen LogP contribution in [-0.4, -0.2) is 49.2 Å². The van der Waals surface area contributed by atoms with Crippen LogP contribution in [0.4, 0.5) is 0 Å². The van der Waals surface area contributed by atoms with Crippen LogP contribution in [0.3, 0.4) is 0 Å². The van der Waals surface area contributed by atoms with Crippen LogP contribution < -0.4 is 10.1 Å². The standard InChI is InChI=1S/C18H21ClN2O4/c1-3-24-17(23)15-14-11-8-10(19)4-5-13(11)25-18(20-16(15)22)6-7-21(2)9-12(14)18/h4-5,8,12,14-15H,3,6-7,9H2,1-2H3,(H,20,22). The van der Waals surface area contributed by atoms with Gasteiger partial charge in [-0.1, -0.05) is 11.6 Å². The van der Waals surface area contributed by atoms with Gasteiger partial charge in [0, 0.05) is 41.9 Å². The molecule has 0 saturated carbocycles. The Balaban J connectivity index is 1.87. The van der Waals surface area contributed by atoms with Gasteiger partial charge in [0.1, 0.15) is 11.7 Å². The van der Waals surface area contributed by atoms with Gasteiger partial charge >= 0.3 is 5.97 Å². The van der Waals surface area contributed by atoms with Crippen molar-refractivity contribution >= 4 is 23.5 Å². The topological polar surface area (TPSA) is 67.9 Å². The number of benzene rings is 1. The molecule has 4 rings (SSSR count). The Labute approximate surface area is 151 Å². The van der Waals surface area contributed by atoms with Gasteiger partial charge in [0.2, 0.25) is 5.91 Å². The molecule has 1 N–H and O–H groups in total. The lowest BCUT2D eigenvalue weighted by Crippen LogP contribution is -2.72. The second kappa shape index (κ2) is 5.88.